The monoisotopic (exact) mass is 315 g/mol. The van der Waals surface area contributed by atoms with Gasteiger partial charge in [-0.1, -0.05) is 18.7 Å². The molecule has 0 radical (unpaired) electrons. The van der Waals surface area contributed by atoms with Gasteiger partial charge in [0.2, 0.25) is 6.33 Å². The minimum Gasteiger partial charge on any atom is -0.696 e. The number of aliphatic carboxylic acids is 2. The fourth-order valence-corrected chi connectivity index (χ4v) is 1.19. The van der Waals surface area contributed by atoms with Gasteiger partial charge in [0.1, 0.15) is 12.4 Å². The van der Waals surface area contributed by atoms with Crippen molar-refractivity contribution in [1.82, 2.24) is 4.57 Å². The Bertz CT molecular complexity index is 441. The topological polar surface area (TPSA) is 107 Å². The fourth-order valence-electron chi connectivity index (χ4n) is 1.19. The van der Waals surface area contributed by atoms with Crippen molar-refractivity contribution in [3.8, 4) is 5.40 Å². The molecule has 0 unspecified atom stereocenters. The Kier molecular flexibility index (Phi) is 14.4. The molecule has 21 heavy (non-hydrogen) atoms. The highest BCUT2D eigenvalue weighted by molar-refractivity contribution is 7.64. The quantitative estimate of drug-likeness (QED) is 0.462. The van der Waals surface area contributed by atoms with Crippen molar-refractivity contribution in [2.45, 2.75) is 39.2 Å². The fraction of sp³-hybridized carbons (Fsp3) is 0.538. The minimum atomic E-state index is -1.08. The van der Waals surface area contributed by atoms with Crippen LogP contribution in [0.3, 0.4) is 0 Å². The Morgan fingerprint density at radius 3 is 2.10 bits per heavy atom. The SMILES string of the molecule is CCCCn1cc[n+](C)c1.N#C[S-].O=C(O)CCC(=O)O. The van der Waals surface area contributed by atoms with E-state index in [2.05, 4.69) is 47.4 Å². The standard InChI is InChI=1S/C8H15N2.C4H6O4.CHNS/c1-3-4-5-10-7-6-9(2)8-10;5-3(6)1-2-4(7)8;2-1-3/h6-8H,3-5H2,1-2H3;1-2H2,(H,5,6)(H,7,8);3H/q+1;;/p-1. The molecule has 118 valence electrons. The number of imidazole rings is 1. The Hall–Kier alpha value is -2.14. The maximum absolute atomic E-state index is 9.64. The van der Waals surface area contributed by atoms with Crippen LogP contribution in [-0.2, 0) is 35.8 Å². The number of nitrogens with zero attached hydrogens (tertiary/aromatic N) is 3. The lowest BCUT2D eigenvalue weighted by Gasteiger charge is -1.90. The third kappa shape index (κ3) is 17.9. The van der Waals surface area contributed by atoms with Gasteiger partial charge in [-0.3, -0.25) is 9.59 Å². The molecule has 0 bridgehead atoms. The van der Waals surface area contributed by atoms with Crippen LogP contribution in [0.15, 0.2) is 18.7 Å². The molecule has 0 amide bonds. The predicted octanol–water partition coefficient (Wildman–Crippen LogP) is 1.06. The molecule has 0 saturated carbocycles. The predicted molar refractivity (Wildman–Crippen MR) is 78.0 cm³/mol. The summed E-state index contributed by atoms with van der Waals surface area (Å²) in [6, 6.07) is 0. The van der Waals surface area contributed by atoms with Crippen LogP contribution in [0, 0.1) is 10.7 Å². The van der Waals surface area contributed by atoms with Gasteiger partial charge in [-0.15, -0.1) is 0 Å². The second kappa shape index (κ2) is 14.3. The molecule has 0 aliphatic rings. The molecule has 0 aliphatic carbocycles. The smallest absolute Gasteiger partial charge is 0.303 e. The van der Waals surface area contributed by atoms with Crippen LogP contribution in [-0.4, -0.2) is 26.7 Å². The Morgan fingerprint density at radius 2 is 1.81 bits per heavy atom. The summed E-state index contributed by atoms with van der Waals surface area (Å²) in [5.74, 6) is -2.15. The lowest BCUT2D eigenvalue weighted by atomic mass is 10.3. The third-order valence-electron chi connectivity index (χ3n) is 2.15. The maximum atomic E-state index is 9.64. The van der Waals surface area contributed by atoms with Crippen LogP contribution in [0.1, 0.15) is 32.6 Å². The van der Waals surface area contributed by atoms with Gasteiger partial charge in [0.05, 0.1) is 26.4 Å². The van der Waals surface area contributed by atoms with Crippen molar-refractivity contribution in [2.24, 2.45) is 7.05 Å². The molecule has 1 aromatic rings. The number of unbranched alkanes of at least 4 members (excludes halogenated alkanes) is 1. The number of carboxylic acid groups (broad SMARTS) is 2. The van der Waals surface area contributed by atoms with Gasteiger partial charge < -0.3 is 22.8 Å². The number of hydrogen-bond donors (Lipinski definition) is 2. The van der Waals surface area contributed by atoms with Gasteiger partial charge in [-0.05, 0) is 6.42 Å². The van der Waals surface area contributed by atoms with Crippen molar-refractivity contribution < 1.29 is 24.4 Å². The molecular formula is C13H21N3O4S. The van der Waals surface area contributed by atoms with Crippen LogP contribution in [0.4, 0.5) is 0 Å². The number of nitriles is 1. The Balaban J connectivity index is 0. The van der Waals surface area contributed by atoms with Crippen LogP contribution < -0.4 is 4.57 Å². The van der Waals surface area contributed by atoms with E-state index in [1.54, 1.807) is 0 Å². The average Bonchev–Trinajstić information content (AvgIpc) is 2.81. The highest BCUT2D eigenvalue weighted by Crippen LogP contribution is 1.91. The zero-order valence-corrected chi connectivity index (χ0v) is 13.0. The van der Waals surface area contributed by atoms with Crippen molar-refractivity contribution in [2.75, 3.05) is 0 Å². The Morgan fingerprint density at radius 1 is 1.33 bits per heavy atom. The van der Waals surface area contributed by atoms with Gasteiger partial charge in [-0.2, -0.15) is 0 Å². The van der Waals surface area contributed by atoms with Crippen molar-refractivity contribution in [3.05, 3.63) is 18.7 Å². The number of aromatic nitrogens is 2. The average molecular weight is 315 g/mol. The molecule has 0 saturated heterocycles. The van der Waals surface area contributed by atoms with Gasteiger partial charge >= 0.3 is 11.9 Å². The zero-order valence-electron chi connectivity index (χ0n) is 12.2. The number of carboxylic acids is 2. The van der Waals surface area contributed by atoms with E-state index in [4.69, 9.17) is 15.5 Å². The molecule has 0 aliphatic heterocycles. The lowest BCUT2D eigenvalue weighted by molar-refractivity contribution is -0.671. The van der Waals surface area contributed by atoms with Crippen LogP contribution in [0.5, 0.6) is 0 Å². The molecule has 1 rings (SSSR count). The molecule has 8 heteroatoms. The van der Waals surface area contributed by atoms with Gasteiger partial charge in [0, 0.05) is 0 Å². The summed E-state index contributed by atoms with van der Waals surface area (Å²) in [7, 11) is 2.04. The number of thiocyanates is 1. The van der Waals surface area contributed by atoms with E-state index in [1.807, 2.05) is 7.05 Å². The van der Waals surface area contributed by atoms with E-state index in [-0.39, 0.29) is 12.8 Å². The first-order valence-electron chi connectivity index (χ1n) is 6.33. The zero-order chi connectivity index (χ0) is 16.7. The van der Waals surface area contributed by atoms with Crippen LogP contribution >= 0.6 is 0 Å². The molecule has 1 heterocycles. The highest BCUT2D eigenvalue weighted by Gasteiger charge is 2.00. The summed E-state index contributed by atoms with van der Waals surface area (Å²) in [5.41, 5.74) is 0. The molecule has 0 atom stereocenters. The summed E-state index contributed by atoms with van der Waals surface area (Å²) in [6.45, 7) is 3.36. The van der Waals surface area contributed by atoms with Gasteiger partial charge in [0.25, 0.3) is 0 Å². The summed E-state index contributed by atoms with van der Waals surface area (Å²) in [5, 5.41) is 24.3. The molecule has 0 spiro atoms. The van der Waals surface area contributed by atoms with E-state index in [0.29, 0.717) is 0 Å². The molecule has 0 aromatic carbocycles. The number of aryl methyl sites for hydroxylation is 2. The van der Waals surface area contributed by atoms with E-state index >= 15 is 0 Å². The number of rotatable bonds is 6. The number of carbonyl (C=O) groups is 2. The second-order valence-corrected chi connectivity index (χ2v) is 4.23. The van der Waals surface area contributed by atoms with Crippen molar-refractivity contribution in [1.29, 1.82) is 5.26 Å². The molecule has 7 nitrogen and oxygen atoms in total. The summed E-state index contributed by atoms with van der Waals surface area (Å²) in [4.78, 5) is 19.3. The first-order valence-corrected chi connectivity index (χ1v) is 6.74. The van der Waals surface area contributed by atoms with Crippen LogP contribution in [0.2, 0.25) is 0 Å². The van der Waals surface area contributed by atoms with Gasteiger partial charge in [-0.25, -0.2) is 14.4 Å². The van der Waals surface area contributed by atoms with Gasteiger partial charge in [0.15, 0.2) is 0 Å². The van der Waals surface area contributed by atoms with E-state index in [1.165, 1.54) is 18.2 Å². The number of hydrogen-bond acceptors (Lipinski definition) is 4. The molecule has 2 N–H and O–H groups in total. The molecule has 0 fully saturated rings. The van der Waals surface area contributed by atoms with E-state index in [9.17, 15) is 9.59 Å². The second-order valence-electron chi connectivity index (χ2n) is 4.05. The van der Waals surface area contributed by atoms with Crippen molar-refractivity contribution >= 4 is 24.6 Å². The lowest BCUT2D eigenvalue weighted by Crippen LogP contribution is -2.23. The van der Waals surface area contributed by atoms with Crippen molar-refractivity contribution in [3.63, 3.8) is 0 Å². The normalized spacial score (nSPS) is 8.43. The summed E-state index contributed by atoms with van der Waals surface area (Å²) >= 11 is 3.70. The molecule has 1 aromatic heterocycles. The summed E-state index contributed by atoms with van der Waals surface area (Å²) in [6.07, 6.45) is 8.22. The largest absolute Gasteiger partial charge is 0.696 e. The Labute approximate surface area is 129 Å². The molecular weight excluding hydrogens is 294 g/mol. The first kappa shape index (κ1) is 21.2. The third-order valence-corrected chi connectivity index (χ3v) is 2.15. The maximum Gasteiger partial charge on any atom is 0.303 e. The van der Waals surface area contributed by atoms with E-state index in [0.717, 1.165) is 6.54 Å². The van der Waals surface area contributed by atoms with E-state index < -0.39 is 11.9 Å². The summed E-state index contributed by atoms with van der Waals surface area (Å²) < 4.78 is 4.28. The first-order chi connectivity index (χ1) is 9.87. The van der Waals surface area contributed by atoms with Crippen LogP contribution in [0.25, 0.3) is 0 Å². The minimum absolute atomic E-state index is 0.296. The highest BCUT2D eigenvalue weighted by atomic mass is 32.1.